The van der Waals surface area contributed by atoms with Crippen LogP contribution in [0.4, 0.5) is 0 Å². The Bertz CT molecular complexity index is 307. The molecule has 1 aliphatic rings. The molecular formula is C10H14N2O2S. The minimum absolute atomic E-state index is 0.0319. The van der Waals surface area contributed by atoms with Gasteiger partial charge in [-0.3, -0.25) is 4.79 Å². The molecule has 0 aromatic carbocycles. The highest BCUT2D eigenvalue weighted by atomic mass is 32.1. The molecule has 82 valence electrons. The zero-order valence-electron chi connectivity index (χ0n) is 8.36. The smallest absolute Gasteiger partial charge is 0.250 e. The van der Waals surface area contributed by atoms with Crippen molar-refractivity contribution in [2.24, 2.45) is 0 Å². The molecule has 0 radical (unpaired) electrons. The van der Waals surface area contributed by atoms with Crippen molar-refractivity contribution in [3.63, 3.8) is 0 Å². The summed E-state index contributed by atoms with van der Waals surface area (Å²) in [6, 6.07) is 3.98. The van der Waals surface area contributed by atoms with Gasteiger partial charge in [0.15, 0.2) is 0 Å². The van der Waals surface area contributed by atoms with E-state index in [-0.39, 0.29) is 12.0 Å². The van der Waals surface area contributed by atoms with E-state index in [0.29, 0.717) is 19.7 Å². The third-order valence-electron chi connectivity index (χ3n) is 2.24. The molecule has 2 rings (SSSR count). The first-order valence-electron chi connectivity index (χ1n) is 4.98. The van der Waals surface area contributed by atoms with Crippen molar-refractivity contribution >= 4 is 17.2 Å². The lowest BCUT2D eigenvalue weighted by atomic mass is 10.3. The molecule has 15 heavy (non-hydrogen) atoms. The summed E-state index contributed by atoms with van der Waals surface area (Å²) in [4.78, 5) is 12.8. The molecule has 0 unspecified atom stereocenters. The number of amides is 1. The Morgan fingerprint density at radius 2 is 2.67 bits per heavy atom. The maximum Gasteiger partial charge on any atom is 0.250 e. The zero-order valence-corrected chi connectivity index (χ0v) is 9.18. The molecule has 5 heteroatoms. The molecule has 2 heterocycles. The van der Waals surface area contributed by atoms with Crippen molar-refractivity contribution in [2.45, 2.75) is 12.6 Å². The minimum atomic E-state index is -0.335. The Balaban J connectivity index is 1.76. The van der Waals surface area contributed by atoms with Crippen molar-refractivity contribution in [3.05, 3.63) is 22.4 Å². The Morgan fingerprint density at radius 1 is 1.73 bits per heavy atom. The van der Waals surface area contributed by atoms with Gasteiger partial charge in [0.25, 0.3) is 5.91 Å². The van der Waals surface area contributed by atoms with Gasteiger partial charge in [0.05, 0.1) is 13.2 Å². The van der Waals surface area contributed by atoms with Crippen LogP contribution in [-0.2, 0) is 16.1 Å². The van der Waals surface area contributed by atoms with Crippen molar-refractivity contribution in [1.29, 1.82) is 0 Å². The number of carbonyl (C=O) groups excluding carboxylic acids is 1. The predicted molar refractivity (Wildman–Crippen MR) is 58.8 cm³/mol. The average Bonchev–Trinajstić information content (AvgIpc) is 2.80. The first kappa shape index (κ1) is 10.6. The van der Waals surface area contributed by atoms with Crippen LogP contribution in [0.25, 0.3) is 0 Å². The number of hydrogen-bond donors (Lipinski definition) is 2. The second-order valence-corrected chi connectivity index (χ2v) is 4.39. The van der Waals surface area contributed by atoms with Crippen LogP contribution in [0.1, 0.15) is 4.88 Å². The number of nitrogens with one attached hydrogen (secondary N) is 2. The largest absolute Gasteiger partial charge is 0.366 e. The minimum Gasteiger partial charge on any atom is -0.366 e. The van der Waals surface area contributed by atoms with Crippen LogP contribution in [0.15, 0.2) is 17.5 Å². The molecule has 2 N–H and O–H groups in total. The topological polar surface area (TPSA) is 50.4 Å². The fourth-order valence-electron chi connectivity index (χ4n) is 1.44. The van der Waals surface area contributed by atoms with Crippen molar-refractivity contribution in [2.75, 3.05) is 19.7 Å². The van der Waals surface area contributed by atoms with Crippen LogP contribution in [0.3, 0.4) is 0 Å². The first-order valence-corrected chi connectivity index (χ1v) is 5.86. The Kier molecular flexibility index (Phi) is 3.71. The summed E-state index contributed by atoms with van der Waals surface area (Å²) in [7, 11) is 0. The Morgan fingerprint density at radius 3 is 3.33 bits per heavy atom. The predicted octanol–water partition coefficient (Wildman–Crippen LogP) is 0.353. The molecule has 1 fully saturated rings. The maximum atomic E-state index is 11.6. The highest BCUT2D eigenvalue weighted by molar-refractivity contribution is 7.09. The van der Waals surface area contributed by atoms with E-state index in [1.165, 1.54) is 0 Å². The summed E-state index contributed by atoms with van der Waals surface area (Å²) in [6.45, 7) is 2.64. The van der Waals surface area contributed by atoms with E-state index in [2.05, 4.69) is 10.6 Å². The maximum absolute atomic E-state index is 11.6. The van der Waals surface area contributed by atoms with Crippen LogP contribution >= 0.6 is 11.3 Å². The summed E-state index contributed by atoms with van der Waals surface area (Å²) >= 11 is 1.64. The van der Waals surface area contributed by atoms with Gasteiger partial charge in [-0.05, 0) is 11.4 Å². The average molecular weight is 226 g/mol. The summed E-state index contributed by atoms with van der Waals surface area (Å²) in [5.41, 5.74) is 0. The third-order valence-corrected chi connectivity index (χ3v) is 3.11. The van der Waals surface area contributed by atoms with Crippen LogP contribution in [0.5, 0.6) is 0 Å². The van der Waals surface area contributed by atoms with E-state index >= 15 is 0 Å². The van der Waals surface area contributed by atoms with E-state index in [1.807, 2.05) is 17.5 Å². The molecule has 1 aromatic rings. The molecule has 0 spiro atoms. The Hall–Kier alpha value is -0.910. The molecule has 1 aromatic heterocycles. The lowest BCUT2D eigenvalue weighted by molar-refractivity contribution is -0.134. The van der Waals surface area contributed by atoms with E-state index in [0.717, 1.165) is 11.4 Å². The lowest BCUT2D eigenvalue weighted by Gasteiger charge is -2.22. The second-order valence-electron chi connectivity index (χ2n) is 3.36. The number of rotatable bonds is 3. The molecule has 0 bridgehead atoms. The first-order chi connectivity index (χ1) is 7.36. The summed E-state index contributed by atoms with van der Waals surface area (Å²) in [5, 5.41) is 7.99. The van der Waals surface area contributed by atoms with Crippen LogP contribution < -0.4 is 10.6 Å². The van der Waals surface area contributed by atoms with E-state index in [9.17, 15) is 4.79 Å². The quantitative estimate of drug-likeness (QED) is 0.782. The van der Waals surface area contributed by atoms with Gasteiger partial charge in [-0.2, -0.15) is 0 Å². The fraction of sp³-hybridized carbons (Fsp3) is 0.500. The van der Waals surface area contributed by atoms with Gasteiger partial charge in [0.1, 0.15) is 6.10 Å². The van der Waals surface area contributed by atoms with Gasteiger partial charge >= 0.3 is 0 Å². The SMILES string of the molecule is O=C(NCc1cccs1)[C@H]1CNCCO1. The van der Waals surface area contributed by atoms with Crippen molar-refractivity contribution < 1.29 is 9.53 Å². The van der Waals surface area contributed by atoms with Crippen LogP contribution in [0.2, 0.25) is 0 Å². The highest BCUT2D eigenvalue weighted by Gasteiger charge is 2.21. The lowest BCUT2D eigenvalue weighted by Crippen LogP contribution is -2.47. The number of ether oxygens (including phenoxy) is 1. The van der Waals surface area contributed by atoms with Crippen molar-refractivity contribution in [1.82, 2.24) is 10.6 Å². The summed E-state index contributed by atoms with van der Waals surface area (Å²) in [6.07, 6.45) is -0.335. The molecule has 1 atom stereocenters. The van der Waals surface area contributed by atoms with E-state index in [4.69, 9.17) is 4.74 Å². The van der Waals surface area contributed by atoms with E-state index < -0.39 is 0 Å². The second kappa shape index (κ2) is 5.25. The van der Waals surface area contributed by atoms with Crippen molar-refractivity contribution in [3.8, 4) is 0 Å². The van der Waals surface area contributed by atoms with Gasteiger partial charge in [0, 0.05) is 18.0 Å². The molecule has 4 nitrogen and oxygen atoms in total. The third kappa shape index (κ3) is 3.02. The fourth-order valence-corrected chi connectivity index (χ4v) is 2.08. The van der Waals surface area contributed by atoms with Gasteiger partial charge in [-0.25, -0.2) is 0 Å². The molecular weight excluding hydrogens is 212 g/mol. The number of morpholine rings is 1. The zero-order chi connectivity index (χ0) is 10.5. The molecule has 0 saturated carbocycles. The van der Waals surface area contributed by atoms with Gasteiger partial charge < -0.3 is 15.4 Å². The summed E-state index contributed by atoms with van der Waals surface area (Å²) in [5.74, 6) is -0.0319. The molecule has 1 aliphatic heterocycles. The van der Waals surface area contributed by atoms with Gasteiger partial charge in [-0.1, -0.05) is 6.07 Å². The van der Waals surface area contributed by atoms with Gasteiger partial charge in [0.2, 0.25) is 0 Å². The number of thiophene rings is 1. The summed E-state index contributed by atoms with van der Waals surface area (Å²) < 4.78 is 5.34. The normalized spacial score (nSPS) is 21.2. The Labute approximate surface area is 92.6 Å². The standard InChI is InChI=1S/C10H14N2O2S/c13-10(9-7-11-3-4-14-9)12-6-8-2-1-5-15-8/h1-2,5,9,11H,3-4,6-7H2,(H,12,13)/t9-/m1/s1. The molecule has 1 saturated heterocycles. The number of hydrogen-bond acceptors (Lipinski definition) is 4. The van der Waals surface area contributed by atoms with Crippen LogP contribution in [-0.4, -0.2) is 31.7 Å². The molecule has 0 aliphatic carbocycles. The van der Waals surface area contributed by atoms with Gasteiger partial charge in [-0.15, -0.1) is 11.3 Å². The van der Waals surface area contributed by atoms with E-state index in [1.54, 1.807) is 11.3 Å². The molecule has 1 amide bonds. The number of carbonyl (C=O) groups is 1. The highest BCUT2D eigenvalue weighted by Crippen LogP contribution is 2.07. The monoisotopic (exact) mass is 226 g/mol. The van der Waals surface area contributed by atoms with Crippen LogP contribution in [0, 0.1) is 0 Å².